The zero-order valence-electron chi connectivity index (χ0n) is 40.3. The molecular formula is C58H46N8O8. The van der Waals surface area contributed by atoms with Gasteiger partial charge in [0.15, 0.2) is 11.5 Å². The number of carbonyl (C=O) groups is 4. The molecule has 9 aromatic carbocycles. The first-order valence-electron chi connectivity index (χ1n) is 23.1. The predicted molar refractivity (Wildman–Crippen MR) is 286 cm³/mol. The molecule has 9 rings (SSSR count). The molecule has 366 valence electrons. The lowest BCUT2D eigenvalue weighted by Gasteiger charge is -2.17. The highest BCUT2D eigenvalue weighted by atomic mass is 16.5. The minimum absolute atomic E-state index is 0.0134. The Bertz CT molecular complexity index is 3490. The highest BCUT2D eigenvalue weighted by Gasteiger charge is 2.23. The molecule has 0 saturated heterocycles. The summed E-state index contributed by atoms with van der Waals surface area (Å²) in [4.78, 5) is 54.5. The molecule has 0 aliphatic heterocycles. The highest BCUT2D eigenvalue weighted by molar-refractivity contribution is 6.14. The van der Waals surface area contributed by atoms with Gasteiger partial charge in [0.25, 0.3) is 23.6 Å². The van der Waals surface area contributed by atoms with Crippen LogP contribution in [0.3, 0.4) is 0 Å². The number of carbonyl (C=O) groups excluding carboxylic acids is 4. The lowest BCUT2D eigenvalue weighted by Crippen LogP contribution is -2.16. The summed E-state index contributed by atoms with van der Waals surface area (Å²) in [7, 11) is 2.91. The number of aromatic hydroxyl groups is 2. The number of hydrogen-bond donors (Lipinski definition) is 6. The molecule has 0 saturated carbocycles. The number of hydrogen-bond acceptors (Lipinski definition) is 12. The van der Waals surface area contributed by atoms with Crippen molar-refractivity contribution in [2.45, 2.75) is 13.8 Å². The fourth-order valence-corrected chi connectivity index (χ4v) is 8.13. The topological polar surface area (TPSA) is 225 Å². The molecule has 0 aromatic heterocycles. The van der Waals surface area contributed by atoms with Crippen molar-refractivity contribution in [2.24, 2.45) is 20.5 Å². The van der Waals surface area contributed by atoms with Crippen LogP contribution in [-0.4, -0.2) is 48.1 Å². The summed E-state index contributed by atoms with van der Waals surface area (Å²) < 4.78 is 11.0. The van der Waals surface area contributed by atoms with Gasteiger partial charge in [-0.05, 0) is 121 Å². The Hall–Kier alpha value is -10.2. The fourth-order valence-electron chi connectivity index (χ4n) is 8.13. The molecule has 0 aliphatic carbocycles. The van der Waals surface area contributed by atoms with Gasteiger partial charge in [-0.2, -0.15) is 0 Å². The number of para-hydroxylation sites is 2. The maximum Gasteiger partial charge on any atom is 0.259 e. The van der Waals surface area contributed by atoms with Gasteiger partial charge in [-0.25, -0.2) is 0 Å². The number of nitrogens with one attached hydrogen (secondary N) is 4. The van der Waals surface area contributed by atoms with Crippen molar-refractivity contribution in [2.75, 3.05) is 35.5 Å². The van der Waals surface area contributed by atoms with Crippen LogP contribution in [0.2, 0.25) is 0 Å². The van der Waals surface area contributed by atoms with Crippen LogP contribution >= 0.6 is 0 Å². The Kier molecular flexibility index (Phi) is 14.1. The molecule has 0 spiro atoms. The molecule has 4 amide bonds. The maximum absolute atomic E-state index is 14.1. The van der Waals surface area contributed by atoms with Crippen LogP contribution in [0.15, 0.2) is 190 Å². The van der Waals surface area contributed by atoms with Gasteiger partial charge in [0.05, 0.1) is 25.3 Å². The number of rotatable bonds is 14. The van der Waals surface area contributed by atoms with E-state index in [0.29, 0.717) is 66.9 Å². The highest BCUT2D eigenvalue weighted by Crippen LogP contribution is 2.43. The SMILES string of the molecule is COc1ccc(C(=O)Nc2ccccc2)cc1N=Nc1c(O)c(C(=O)Nc2ccc(NC(=O)c3cc4ccccc4c(N=Nc4cc(C(=O)Nc5ccccc5)ccc4OC)c3O)c(C)c2C)cc2ccccc12. The number of nitrogens with zero attached hydrogens (tertiary/aromatic N) is 4. The molecule has 74 heavy (non-hydrogen) atoms. The van der Waals surface area contributed by atoms with E-state index in [1.54, 1.807) is 135 Å². The summed E-state index contributed by atoms with van der Waals surface area (Å²) in [6, 6.07) is 47.8. The number of ether oxygens (including phenoxy) is 2. The van der Waals surface area contributed by atoms with Crippen molar-refractivity contribution in [3.63, 3.8) is 0 Å². The number of azo groups is 2. The first-order valence-corrected chi connectivity index (χ1v) is 23.1. The molecule has 0 unspecified atom stereocenters. The first-order chi connectivity index (χ1) is 35.9. The number of phenols is 2. The van der Waals surface area contributed by atoms with Gasteiger partial charge in [0.2, 0.25) is 0 Å². The second kappa shape index (κ2) is 21.4. The molecule has 16 heteroatoms. The van der Waals surface area contributed by atoms with Crippen LogP contribution in [0, 0.1) is 13.8 Å². The first kappa shape index (κ1) is 48.8. The number of fused-ring (bicyclic) bond motifs is 2. The van der Waals surface area contributed by atoms with Gasteiger partial charge in [0.1, 0.15) is 34.2 Å². The number of phenolic OH excluding ortho intramolecular Hbond substituents is 2. The van der Waals surface area contributed by atoms with E-state index in [9.17, 15) is 29.4 Å². The smallest absolute Gasteiger partial charge is 0.259 e. The third-order valence-electron chi connectivity index (χ3n) is 12.2. The van der Waals surface area contributed by atoms with Crippen LogP contribution in [-0.2, 0) is 0 Å². The summed E-state index contributed by atoms with van der Waals surface area (Å²) >= 11 is 0. The fraction of sp³-hybridized carbons (Fsp3) is 0.0690. The standard InChI is InChI=1S/C58H46N8O8/c1-33-34(2)46(62-58(72)44-30-36-16-12-14-22-42(36)52(54(44)68)66-64-48-32-38(24-28-50(48)74-4)56(70)60-40-19-9-6-10-20-40)26-25-45(33)61-57(71)43-29-35-15-11-13-21-41(35)51(53(43)67)65-63-47-31-37(23-27-49(47)73-3)55(69)59-39-17-7-5-8-18-39/h5-32,67-68H,1-4H3,(H,59,69)(H,60,70)(H,61,71)(H,62,72). The third kappa shape index (κ3) is 10.3. The van der Waals surface area contributed by atoms with Crippen LogP contribution in [0.1, 0.15) is 52.6 Å². The van der Waals surface area contributed by atoms with Crippen molar-refractivity contribution >= 4 is 90.7 Å². The summed E-state index contributed by atoms with van der Waals surface area (Å²) in [5.74, 6) is -2.29. The Morgan fingerprint density at radius 2 is 0.797 bits per heavy atom. The van der Waals surface area contributed by atoms with Crippen LogP contribution in [0.5, 0.6) is 23.0 Å². The van der Waals surface area contributed by atoms with Crippen molar-refractivity contribution in [1.82, 2.24) is 0 Å². The Morgan fingerprint density at radius 3 is 1.19 bits per heavy atom. The molecule has 9 aromatic rings. The normalized spacial score (nSPS) is 11.2. The van der Waals surface area contributed by atoms with Gasteiger partial charge >= 0.3 is 0 Å². The average Bonchev–Trinajstić information content (AvgIpc) is 3.42. The lowest BCUT2D eigenvalue weighted by atomic mass is 10.0. The summed E-state index contributed by atoms with van der Waals surface area (Å²) in [5, 5.41) is 54.7. The van der Waals surface area contributed by atoms with Crippen molar-refractivity contribution < 1.29 is 38.9 Å². The number of amides is 4. The second-order valence-corrected chi connectivity index (χ2v) is 16.8. The third-order valence-corrected chi connectivity index (χ3v) is 12.2. The molecule has 16 nitrogen and oxygen atoms in total. The molecule has 0 fully saturated rings. The van der Waals surface area contributed by atoms with E-state index in [0.717, 1.165) is 0 Å². The number of methoxy groups -OCH3 is 2. The zero-order chi connectivity index (χ0) is 51.9. The van der Waals surface area contributed by atoms with Crippen LogP contribution in [0.4, 0.5) is 45.5 Å². The van der Waals surface area contributed by atoms with E-state index >= 15 is 0 Å². The quantitative estimate of drug-likeness (QED) is 0.0573. The lowest BCUT2D eigenvalue weighted by molar-refractivity contribution is 0.101. The van der Waals surface area contributed by atoms with Gasteiger partial charge in [0, 0.05) is 44.6 Å². The molecule has 0 aliphatic rings. The zero-order valence-corrected chi connectivity index (χ0v) is 40.3. The van der Waals surface area contributed by atoms with Crippen molar-refractivity contribution in [3.05, 3.63) is 203 Å². The summed E-state index contributed by atoms with van der Waals surface area (Å²) in [6.07, 6.45) is 0. The van der Waals surface area contributed by atoms with Crippen molar-refractivity contribution in [1.29, 1.82) is 0 Å². The molecule has 0 bridgehead atoms. The van der Waals surface area contributed by atoms with Crippen LogP contribution in [0.25, 0.3) is 21.5 Å². The molecule has 0 heterocycles. The van der Waals surface area contributed by atoms with E-state index in [4.69, 9.17) is 9.47 Å². The van der Waals surface area contributed by atoms with Crippen molar-refractivity contribution in [3.8, 4) is 23.0 Å². The largest absolute Gasteiger partial charge is 0.505 e. The molecule has 0 radical (unpaired) electrons. The number of anilines is 4. The van der Waals surface area contributed by atoms with E-state index < -0.39 is 23.3 Å². The van der Waals surface area contributed by atoms with Gasteiger partial charge in [-0.3, -0.25) is 19.2 Å². The summed E-state index contributed by atoms with van der Waals surface area (Å²) in [6.45, 7) is 3.53. The Labute approximate surface area is 424 Å². The monoisotopic (exact) mass is 982 g/mol. The minimum Gasteiger partial charge on any atom is -0.505 e. The van der Waals surface area contributed by atoms with E-state index in [-0.39, 0.29) is 56.8 Å². The second-order valence-electron chi connectivity index (χ2n) is 16.8. The van der Waals surface area contributed by atoms with Crippen LogP contribution < -0.4 is 30.7 Å². The van der Waals surface area contributed by atoms with E-state index in [2.05, 4.69) is 41.7 Å². The van der Waals surface area contributed by atoms with Gasteiger partial charge < -0.3 is 41.0 Å². The number of benzene rings is 9. The van der Waals surface area contributed by atoms with E-state index in [1.165, 1.54) is 26.4 Å². The molecule has 6 N–H and O–H groups in total. The average molecular weight is 983 g/mol. The predicted octanol–water partition coefficient (Wildman–Crippen LogP) is 13.9. The molecule has 0 atom stereocenters. The Balaban J connectivity index is 0.959. The van der Waals surface area contributed by atoms with Gasteiger partial charge in [-0.1, -0.05) is 84.9 Å². The van der Waals surface area contributed by atoms with E-state index in [1.807, 2.05) is 36.4 Å². The maximum atomic E-state index is 14.1. The minimum atomic E-state index is -0.649. The summed E-state index contributed by atoms with van der Waals surface area (Å²) in [5.41, 5.74) is 4.05. The Morgan fingerprint density at radius 1 is 0.419 bits per heavy atom. The molecular weight excluding hydrogens is 937 g/mol. The van der Waals surface area contributed by atoms with Gasteiger partial charge in [-0.15, -0.1) is 20.5 Å².